The molecule has 1 aromatic carbocycles. The fourth-order valence-electron chi connectivity index (χ4n) is 5.81. The highest BCUT2D eigenvalue weighted by atomic mass is 19.1. The highest BCUT2D eigenvalue weighted by molar-refractivity contribution is 6.14. The molecule has 5 heterocycles. The Labute approximate surface area is 200 Å². The summed E-state index contributed by atoms with van der Waals surface area (Å²) in [4.78, 5) is 20.1. The number of rotatable bonds is 5. The average Bonchev–Trinajstić information content (AvgIpc) is 3.16. The number of hydrogen-bond acceptors (Lipinski definition) is 7. The number of nitrogens with zero attached hydrogens (tertiary/aromatic N) is 6. The summed E-state index contributed by atoms with van der Waals surface area (Å²) in [5.74, 6) is 1.26. The first-order valence-corrected chi connectivity index (χ1v) is 12.0. The number of hydrogen-bond donors (Lipinski definition) is 3. The van der Waals surface area contributed by atoms with Crippen molar-refractivity contribution in [3.8, 4) is 0 Å². The summed E-state index contributed by atoms with van der Waals surface area (Å²) < 4.78 is 16.3. The van der Waals surface area contributed by atoms with E-state index in [-0.39, 0.29) is 5.82 Å². The van der Waals surface area contributed by atoms with Gasteiger partial charge in [-0.15, -0.1) is 0 Å². The van der Waals surface area contributed by atoms with Gasteiger partial charge in [0, 0.05) is 55.4 Å². The number of aromatic nitrogens is 6. The number of fused-ring (bicyclic) bond motifs is 4. The molecule has 178 valence electrons. The molecule has 0 amide bonds. The maximum atomic E-state index is 14.6. The number of benzene rings is 1. The van der Waals surface area contributed by atoms with Gasteiger partial charge < -0.3 is 20.5 Å². The van der Waals surface area contributed by atoms with Crippen molar-refractivity contribution in [2.24, 2.45) is 5.41 Å². The van der Waals surface area contributed by atoms with Gasteiger partial charge in [0.2, 0.25) is 0 Å². The maximum absolute atomic E-state index is 14.6. The van der Waals surface area contributed by atoms with Crippen LogP contribution in [0.2, 0.25) is 0 Å². The van der Waals surface area contributed by atoms with Crippen LogP contribution in [0.3, 0.4) is 0 Å². The van der Waals surface area contributed by atoms with E-state index >= 15 is 0 Å². The van der Waals surface area contributed by atoms with Gasteiger partial charge in [-0.1, -0.05) is 0 Å². The normalized spacial score (nSPS) is 21.7. The number of anilines is 2. The second-order valence-electron chi connectivity index (χ2n) is 9.75. The van der Waals surface area contributed by atoms with E-state index in [4.69, 9.17) is 9.97 Å². The third-order valence-electron chi connectivity index (χ3n) is 7.67. The molecule has 1 aliphatic carbocycles. The van der Waals surface area contributed by atoms with E-state index in [1.807, 2.05) is 25.4 Å². The van der Waals surface area contributed by atoms with Gasteiger partial charge in [0.1, 0.15) is 23.1 Å². The van der Waals surface area contributed by atoms with Crippen LogP contribution >= 0.6 is 0 Å². The van der Waals surface area contributed by atoms with Gasteiger partial charge in [0.25, 0.3) is 0 Å². The first kappa shape index (κ1) is 20.6. The molecule has 9 nitrogen and oxygen atoms in total. The molecule has 10 heteroatoms. The zero-order chi connectivity index (χ0) is 23.7. The van der Waals surface area contributed by atoms with Crippen LogP contribution in [0.1, 0.15) is 24.4 Å². The summed E-state index contributed by atoms with van der Waals surface area (Å²) in [5.41, 5.74) is 4.19. The van der Waals surface area contributed by atoms with E-state index in [0.29, 0.717) is 35.0 Å². The van der Waals surface area contributed by atoms with Crippen molar-refractivity contribution in [1.82, 2.24) is 34.9 Å². The standard InChI is InChI=1S/C25H26FN9/c1-27-17-9-14(26)8-16-21-23(32-22(16)17)30-19(10-15-11-20-29-5-3-6-35(20)33-15)31-24(21)34-7-4-25(13-34)12-18(25)28-2/h3,5-6,8-9,11,18,27-28H,4,7,10,12-13H2,1-2H3,(H,30,31,32). The number of H-pyrrole nitrogens is 1. The molecule has 2 unspecified atom stereocenters. The van der Waals surface area contributed by atoms with Gasteiger partial charge in [-0.05, 0) is 38.1 Å². The Bertz CT molecular complexity index is 1570. The van der Waals surface area contributed by atoms with E-state index in [2.05, 4.69) is 30.6 Å². The van der Waals surface area contributed by atoms with Gasteiger partial charge in [0.15, 0.2) is 5.65 Å². The van der Waals surface area contributed by atoms with Crippen LogP contribution in [0.4, 0.5) is 15.9 Å². The third kappa shape index (κ3) is 3.16. The minimum absolute atomic E-state index is 0.287. The summed E-state index contributed by atoms with van der Waals surface area (Å²) in [7, 11) is 3.83. The fourth-order valence-corrected chi connectivity index (χ4v) is 5.81. The highest BCUT2D eigenvalue weighted by Gasteiger charge is 2.57. The van der Waals surface area contributed by atoms with E-state index in [0.717, 1.165) is 53.0 Å². The summed E-state index contributed by atoms with van der Waals surface area (Å²) in [6, 6.07) is 7.44. The number of nitrogens with one attached hydrogen (secondary N) is 3. The smallest absolute Gasteiger partial charge is 0.155 e. The van der Waals surface area contributed by atoms with Crippen molar-refractivity contribution < 1.29 is 4.39 Å². The van der Waals surface area contributed by atoms with Gasteiger partial charge in [-0.3, -0.25) is 0 Å². The van der Waals surface area contributed by atoms with Crippen LogP contribution < -0.4 is 15.5 Å². The van der Waals surface area contributed by atoms with E-state index in [1.165, 1.54) is 12.5 Å². The lowest BCUT2D eigenvalue weighted by molar-refractivity contribution is 0.522. The van der Waals surface area contributed by atoms with Gasteiger partial charge >= 0.3 is 0 Å². The minimum atomic E-state index is -0.287. The van der Waals surface area contributed by atoms with E-state index in [1.54, 1.807) is 23.8 Å². The van der Waals surface area contributed by atoms with Gasteiger partial charge in [0.05, 0.1) is 28.7 Å². The van der Waals surface area contributed by atoms with Crippen LogP contribution in [0, 0.1) is 11.2 Å². The first-order valence-electron chi connectivity index (χ1n) is 12.0. The molecule has 1 saturated heterocycles. The van der Waals surface area contributed by atoms with Gasteiger partial charge in [-0.25, -0.2) is 23.9 Å². The third-order valence-corrected chi connectivity index (χ3v) is 7.67. The first-order chi connectivity index (χ1) is 17.1. The molecule has 2 fully saturated rings. The van der Waals surface area contributed by atoms with Crippen molar-refractivity contribution in [3.63, 3.8) is 0 Å². The Kier molecular flexibility index (Phi) is 4.32. The average molecular weight is 472 g/mol. The van der Waals surface area contributed by atoms with Crippen molar-refractivity contribution in [1.29, 1.82) is 0 Å². The Morgan fingerprint density at radius 1 is 1.23 bits per heavy atom. The molecule has 1 spiro atoms. The summed E-state index contributed by atoms with van der Waals surface area (Å²) in [6.07, 6.45) is 6.42. The van der Waals surface area contributed by atoms with Crippen LogP contribution in [-0.4, -0.2) is 62.8 Å². The lowest BCUT2D eigenvalue weighted by Gasteiger charge is -2.19. The molecular weight excluding hydrogens is 445 g/mol. The molecule has 1 aliphatic heterocycles. The van der Waals surface area contributed by atoms with Crippen molar-refractivity contribution in [2.45, 2.75) is 25.3 Å². The van der Waals surface area contributed by atoms with Crippen LogP contribution in [0.5, 0.6) is 0 Å². The molecule has 35 heavy (non-hydrogen) atoms. The van der Waals surface area contributed by atoms with E-state index < -0.39 is 0 Å². The summed E-state index contributed by atoms with van der Waals surface area (Å²) in [5, 5.41) is 12.9. The molecule has 5 aromatic rings. The SMILES string of the molecule is CNc1cc(F)cc2c1[nH]c1nc(Cc3cc4ncccn4n3)nc(N3CCC4(CC4NC)C3)c12. The molecule has 4 aromatic heterocycles. The molecular formula is C25H26FN9. The molecule has 2 aliphatic rings. The molecule has 0 bridgehead atoms. The lowest BCUT2D eigenvalue weighted by Crippen LogP contribution is -2.25. The van der Waals surface area contributed by atoms with Crippen LogP contribution in [-0.2, 0) is 6.42 Å². The van der Waals surface area contributed by atoms with Crippen LogP contribution in [0.25, 0.3) is 27.6 Å². The number of halogens is 1. The molecule has 2 atom stereocenters. The molecule has 0 radical (unpaired) electrons. The van der Waals surface area contributed by atoms with E-state index in [9.17, 15) is 4.39 Å². The largest absolute Gasteiger partial charge is 0.386 e. The van der Waals surface area contributed by atoms with Crippen molar-refractivity contribution >= 4 is 39.1 Å². The zero-order valence-electron chi connectivity index (χ0n) is 19.6. The summed E-state index contributed by atoms with van der Waals surface area (Å²) in [6.45, 7) is 1.85. The molecule has 3 N–H and O–H groups in total. The molecule has 7 rings (SSSR count). The van der Waals surface area contributed by atoms with Crippen LogP contribution in [0.15, 0.2) is 36.7 Å². The van der Waals surface area contributed by atoms with Crippen molar-refractivity contribution in [2.75, 3.05) is 37.4 Å². The Balaban J connectivity index is 1.38. The highest BCUT2D eigenvalue weighted by Crippen LogP contribution is 2.54. The predicted molar refractivity (Wildman–Crippen MR) is 133 cm³/mol. The second-order valence-corrected chi connectivity index (χ2v) is 9.75. The Hall–Kier alpha value is -3.79. The monoisotopic (exact) mass is 471 g/mol. The zero-order valence-corrected chi connectivity index (χ0v) is 19.6. The van der Waals surface area contributed by atoms with Gasteiger partial charge in [-0.2, -0.15) is 5.10 Å². The Morgan fingerprint density at radius 2 is 2.14 bits per heavy atom. The van der Waals surface area contributed by atoms with Crippen molar-refractivity contribution in [3.05, 3.63) is 54.0 Å². The summed E-state index contributed by atoms with van der Waals surface area (Å²) >= 11 is 0. The predicted octanol–water partition coefficient (Wildman–Crippen LogP) is 3.11. The lowest BCUT2D eigenvalue weighted by atomic mass is 10.1. The fraction of sp³-hybridized carbons (Fsp3) is 0.360. The quantitative estimate of drug-likeness (QED) is 0.362. The Morgan fingerprint density at radius 3 is 2.94 bits per heavy atom. The minimum Gasteiger partial charge on any atom is -0.386 e. The second kappa shape index (κ2) is 7.35. The maximum Gasteiger partial charge on any atom is 0.155 e. The topological polar surface area (TPSA) is 99.1 Å². The molecule has 1 saturated carbocycles. The number of aromatic amines is 1.